The number of aromatic nitrogens is 2. The maximum Gasteiger partial charge on any atom is 0.243 e. The zero-order valence-electron chi connectivity index (χ0n) is 11.8. The first-order chi connectivity index (χ1) is 11.0. The van der Waals surface area contributed by atoms with E-state index in [1.54, 1.807) is 6.20 Å². The molecule has 10 heteroatoms. The van der Waals surface area contributed by atoms with Gasteiger partial charge in [-0.05, 0) is 40.5 Å². The molecule has 0 saturated carbocycles. The molecule has 122 valence electrons. The van der Waals surface area contributed by atoms with Gasteiger partial charge in [0.2, 0.25) is 16.0 Å². The first kappa shape index (κ1) is 16.1. The molecule has 3 rings (SSSR count). The van der Waals surface area contributed by atoms with Crippen LogP contribution in [0.5, 0.6) is 0 Å². The first-order valence-corrected chi connectivity index (χ1v) is 9.06. The van der Waals surface area contributed by atoms with Gasteiger partial charge in [0.15, 0.2) is 0 Å². The maximum atomic E-state index is 13.9. The van der Waals surface area contributed by atoms with E-state index in [2.05, 4.69) is 41.3 Å². The fourth-order valence-corrected chi connectivity index (χ4v) is 3.55. The van der Waals surface area contributed by atoms with Crippen LogP contribution >= 0.6 is 15.9 Å². The lowest BCUT2D eigenvalue weighted by Gasteiger charge is -2.10. The second kappa shape index (κ2) is 6.38. The van der Waals surface area contributed by atoms with Crippen LogP contribution in [0.3, 0.4) is 0 Å². The molecule has 0 amide bonds. The molecule has 3 N–H and O–H groups in total. The number of fused-ring (bicyclic) bond motifs is 4. The fourth-order valence-electron chi connectivity index (χ4n) is 2.05. The third-order valence-electron chi connectivity index (χ3n) is 3.16. The van der Waals surface area contributed by atoms with E-state index in [4.69, 9.17) is 0 Å². The van der Waals surface area contributed by atoms with Crippen LogP contribution in [0.25, 0.3) is 0 Å². The van der Waals surface area contributed by atoms with Gasteiger partial charge in [-0.1, -0.05) is 0 Å². The van der Waals surface area contributed by atoms with Gasteiger partial charge in [0, 0.05) is 25.0 Å². The van der Waals surface area contributed by atoms with E-state index in [9.17, 15) is 12.8 Å². The molecule has 0 saturated heterocycles. The summed E-state index contributed by atoms with van der Waals surface area (Å²) in [7, 11) is -3.92. The Morgan fingerprint density at radius 1 is 1.26 bits per heavy atom. The molecular weight excluding hydrogens is 389 g/mol. The highest BCUT2D eigenvalue weighted by Gasteiger charge is 2.20. The molecule has 2 aromatic rings. The van der Waals surface area contributed by atoms with Crippen molar-refractivity contribution in [1.82, 2.24) is 14.7 Å². The standard InChI is InChI=1S/C13H13BrFN5O2S/c14-9-7-17-13-19-8-2-3-10(15)11(6-8)23(21,22)18-5-1-4-16-12(9)20-13/h2-3,6-7,18H,1,4-5H2,(H2,16,17,19,20). The molecule has 1 aliphatic heterocycles. The second-order valence-corrected chi connectivity index (χ2v) is 7.43. The zero-order chi connectivity index (χ0) is 16.4. The molecule has 4 bridgehead atoms. The Bertz CT molecular complexity index is 846. The maximum absolute atomic E-state index is 13.9. The number of nitrogens with zero attached hydrogens (tertiary/aromatic N) is 2. The summed E-state index contributed by atoms with van der Waals surface area (Å²) >= 11 is 3.35. The van der Waals surface area contributed by atoms with Crippen molar-refractivity contribution in [2.24, 2.45) is 0 Å². The van der Waals surface area contributed by atoms with Crippen LogP contribution in [-0.2, 0) is 10.0 Å². The van der Waals surface area contributed by atoms with Crippen LogP contribution in [0.4, 0.5) is 21.8 Å². The molecule has 23 heavy (non-hydrogen) atoms. The van der Waals surface area contributed by atoms with Gasteiger partial charge in [-0.25, -0.2) is 22.5 Å². The third-order valence-corrected chi connectivity index (χ3v) is 5.22. The topological polar surface area (TPSA) is 96.0 Å². The molecule has 1 aromatic carbocycles. The summed E-state index contributed by atoms with van der Waals surface area (Å²) in [5.74, 6) is 0.0539. The van der Waals surface area contributed by atoms with Gasteiger partial charge in [0.05, 0.1) is 4.47 Å². The monoisotopic (exact) mass is 401 g/mol. The molecule has 0 fully saturated rings. The van der Waals surface area contributed by atoms with Crippen molar-refractivity contribution in [3.8, 4) is 0 Å². The Morgan fingerprint density at radius 2 is 2.09 bits per heavy atom. The van der Waals surface area contributed by atoms with Gasteiger partial charge in [0.25, 0.3) is 0 Å². The summed E-state index contributed by atoms with van der Waals surface area (Å²) < 4.78 is 41.3. The molecule has 1 aromatic heterocycles. The number of anilines is 3. The van der Waals surface area contributed by atoms with Gasteiger partial charge in [-0.2, -0.15) is 4.98 Å². The minimum absolute atomic E-state index is 0.183. The summed E-state index contributed by atoms with van der Waals surface area (Å²) in [6.45, 7) is 0.680. The Labute approximate surface area is 140 Å². The summed E-state index contributed by atoms with van der Waals surface area (Å²) in [5.41, 5.74) is 0.374. The van der Waals surface area contributed by atoms with Crippen LogP contribution in [0.15, 0.2) is 33.8 Å². The molecule has 0 aliphatic carbocycles. The fraction of sp³-hybridized carbons (Fsp3) is 0.231. The minimum atomic E-state index is -3.92. The van der Waals surface area contributed by atoms with E-state index >= 15 is 0 Å². The number of benzene rings is 1. The van der Waals surface area contributed by atoms with Crippen molar-refractivity contribution < 1.29 is 12.8 Å². The van der Waals surface area contributed by atoms with Crippen molar-refractivity contribution >= 4 is 43.4 Å². The van der Waals surface area contributed by atoms with E-state index in [0.717, 1.165) is 6.07 Å². The van der Waals surface area contributed by atoms with Crippen molar-refractivity contribution in [1.29, 1.82) is 0 Å². The third kappa shape index (κ3) is 3.59. The van der Waals surface area contributed by atoms with Crippen molar-refractivity contribution in [3.05, 3.63) is 34.7 Å². The summed E-state index contributed by atoms with van der Waals surface area (Å²) in [6, 6.07) is 3.73. The molecule has 0 unspecified atom stereocenters. The molecule has 1 aliphatic rings. The Hall–Kier alpha value is -1.78. The van der Waals surface area contributed by atoms with E-state index in [1.807, 2.05) is 0 Å². The molecule has 2 heterocycles. The van der Waals surface area contributed by atoms with Crippen LogP contribution in [0, 0.1) is 5.82 Å². The van der Waals surface area contributed by atoms with Gasteiger partial charge in [0.1, 0.15) is 16.5 Å². The average molecular weight is 402 g/mol. The van der Waals surface area contributed by atoms with Gasteiger partial charge in [-0.15, -0.1) is 0 Å². The Kier molecular flexibility index (Phi) is 4.46. The van der Waals surface area contributed by atoms with Crippen LogP contribution in [0.2, 0.25) is 0 Å². The highest BCUT2D eigenvalue weighted by atomic mass is 79.9. The predicted molar refractivity (Wildman–Crippen MR) is 87.7 cm³/mol. The number of hydrogen-bond donors (Lipinski definition) is 3. The smallest absolute Gasteiger partial charge is 0.243 e. The number of nitrogens with one attached hydrogen (secondary N) is 3. The number of halogens is 2. The van der Waals surface area contributed by atoms with E-state index in [1.165, 1.54) is 12.1 Å². The van der Waals surface area contributed by atoms with Gasteiger partial charge in [-0.3, -0.25) is 0 Å². The summed E-state index contributed by atoms with van der Waals surface area (Å²) in [5, 5.41) is 5.96. The van der Waals surface area contributed by atoms with Gasteiger partial charge < -0.3 is 10.6 Å². The average Bonchev–Trinajstić information content (AvgIpc) is 2.51. The van der Waals surface area contributed by atoms with E-state index in [-0.39, 0.29) is 12.5 Å². The van der Waals surface area contributed by atoms with Crippen molar-refractivity contribution in [2.45, 2.75) is 11.3 Å². The molecule has 0 spiro atoms. The zero-order valence-corrected chi connectivity index (χ0v) is 14.2. The lowest BCUT2D eigenvalue weighted by molar-refractivity contribution is 0.556. The predicted octanol–water partition coefficient (Wildman–Crippen LogP) is 2.22. The van der Waals surface area contributed by atoms with Crippen LogP contribution in [0.1, 0.15) is 6.42 Å². The van der Waals surface area contributed by atoms with E-state index < -0.39 is 20.7 Å². The van der Waals surface area contributed by atoms with Crippen molar-refractivity contribution in [2.75, 3.05) is 23.7 Å². The molecular formula is C13H13BrFN5O2S. The highest BCUT2D eigenvalue weighted by molar-refractivity contribution is 9.10. The van der Waals surface area contributed by atoms with Crippen molar-refractivity contribution in [3.63, 3.8) is 0 Å². The van der Waals surface area contributed by atoms with Crippen LogP contribution < -0.4 is 15.4 Å². The first-order valence-electron chi connectivity index (χ1n) is 6.78. The minimum Gasteiger partial charge on any atom is -0.369 e. The lowest BCUT2D eigenvalue weighted by atomic mass is 10.3. The summed E-state index contributed by atoms with van der Waals surface area (Å²) in [6.07, 6.45) is 2.09. The molecule has 0 atom stereocenters. The van der Waals surface area contributed by atoms with Crippen LogP contribution in [-0.4, -0.2) is 31.5 Å². The SMILES string of the molecule is O=S1(=O)NCCCNc2nc(ncc2Br)Nc2ccc(F)c1c2. The van der Waals surface area contributed by atoms with E-state index in [0.29, 0.717) is 28.9 Å². The van der Waals surface area contributed by atoms with Gasteiger partial charge >= 0.3 is 0 Å². The quantitative estimate of drug-likeness (QED) is 0.626. The Balaban J connectivity index is 2.06. The molecule has 7 nitrogen and oxygen atoms in total. The lowest BCUT2D eigenvalue weighted by Crippen LogP contribution is -2.27. The number of rotatable bonds is 0. The highest BCUT2D eigenvalue weighted by Crippen LogP contribution is 2.24. The molecule has 0 radical (unpaired) electrons. The largest absolute Gasteiger partial charge is 0.369 e. The number of sulfonamides is 1. The number of hydrogen-bond acceptors (Lipinski definition) is 6. The Morgan fingerprint density at radius 3 is 2.91 bits per heavy atom. The summed E-state index contributed by atoms with van der Waals surface area (Å²) in [4.78, 5) is 8.00. The normalized spacial score (nSPS) is 17.0. The second-order valence-electron chi connectivity index (χ2n) is 4.84.